The molecule has 0 spiro atoms. The number of furan rings is 1. The molecule has 4 heteroatoms. The average Bonchev–Trinajstić information content (AvgIpc) is 3.76. The molecule has 10 rings (SSSR count). The van der Waals surface area contributed by atoms with Crippen molar-refractivity contribution in [2.45, 2.75) is 0 Å². The Bertz CT molecular complexity index is 2810. The van der Waals surface area contributed by atoms with Gasteiger partial charge < -0.3 is 9.40 Å². The van der Waals surface area contributed by atoms with Crippen molar-refractivity contribution in [3.63, 3.8) is 0 Å². The number of benzene rings is 7. The lowest BCUT2D eigenvalue weighted by Gasteiger charge is -2.17. The summed E-state index contributed by atoms with van der Waals surface area (Å²) in [6.45, 7) is 0. The number of fused-ring (bicyclic) bond motifs is 6. The third kappa shape index (κ3) is 4.69. The predicted molar refractivity (Wildman–Crippen MR) is 206 cm³/mol. The van der Waals surface area contributed by atoms with E-state index in [0.717, 1.165) is 83.3 Å². The standard InChI is InChI=1S/C46H29N3O/c1-3-12-29(13-4-1)41-28-42(49-46(48-41)30-14-5-2-6-15-30)36-19-11-18-33(31-23-25-44-38(26-31)35-17-8-10-21-43(35)50-44)45(36)32-22-24-40-37(27-32)34-16-7-9-20-39(34)47-40/h1-28,47H. The van der Waals surface area contributed by atoms with Crippen LogP contribution in [-0.4, -0.2) is 15.0 Å². The Labute approximate surface area is 288 Å². The summed E-state index contributed by atoms with van der Waals surface area (Å²) in [6, 6.07) is 59.3. The van der Waals surface area contributed by atoms with Gasteiger partial charge in [-0.1, -0.05) is 127 Å². The Morgan fingerprint density at radius 3 is 1.88 bits per heavy atom. The summed E-state index contributed by atoms with van der Waals surface area (Å²) in [7, 11) is 0. The quantitative estimate of drug-likeness (QED) is 0.204. The molecule has 0 bridgehead atoms. The van der Waals surface area contributed by atoms with E-state index in [2.05, 4.69) is 138 Å². The minimum absolute atomic E-state index is 0.691. The van der Waals surface area contributed by atoms with E-state index in [1.807, 2.05) is 36.4 Å². The van der Waals surface area contributed by atoms with E-state index in [-0.39, 0.29) is 0 Å². The van der Waals surface area contributed by atoms with Crippen molar-refractivity contribution in [1.29, 1.82) is 0 Å². The molecule has 7 aromatic carbocycles. The molecule has 3 aromatic heterocycles. The second-order valence-electron chi connectivity index (χ2n) is 12.7. The number of para-hydroxylation sites is 2. The summed E-state index contributed by atoms with van der Waals surface area (Å²) >= 11 is 0. The van der Waals surface area contributed by atoms with E-state index in [9.17, 15) is 0 Å². The molecule has 0 radical (unpaired) electrons. The Morgan fingerprint density at radius 2 is 1.02 bits per heavy atom. The maximum absolute atomic E-state index is 6.22. The molecule has 3 heterocycles. The smallest absolute Gasteiger partial charge is 0.160 e. The van der Waals surface area contributed by atoms with E-state index in [1.165, 1.54) is 10.8 Å². The summed E-state index contributed by atoms with van der Waals surface area (Å²) in [6.07, 6.45) is 0. The molecule has 0 amide bonds. The molecule has 10 aromatic rings. The Hall–Kier alpha value is -6.78. The maximum atomic E-state index is 6.22. The number of nitrogens with one attached hydrogen (secondary N) is 1. The van der Waals surface area contributed by atoms with Crippen LogP contribution in [0.25, 0.3) is 99.9 Å². The molecule has 0 aliphatic rings. The fourth-order valence-corrected chi connectivity index (χ4v) is 7.27. The van der Waals surface area contributed by atoms with Gasteiger partial charge in [0.05, 0.1) is 11.4 Å². The summed E-state index contributed by atoms with van der Waals surface area (Å²) in [4.78, 5) is 14.0. The van der Waals surface area contributed by atoms with Crippen molar-refractivity contribution >= 4 is 43.7 Å². The monoisotopic (exact) mass is 639 g/mol. The first-order valence-electron chi connectivity index (χ1n) is 16.8. The molecule has 1 N–H and O–H groups in total. The van der Waals surface area contributed by atoms with Gasteiger partial charge >= 0.3 is 0 Å². The predicted octanol–water partition coefficient (Wildman–Crippen LogP) is 12.3. The van der Waals surface area contributed by atoms with Gasteiger partial charge in [-0.25, -0.2) is 9.97 Å². The van der Waals surface area contributed by atoms with Crippen LogP contribution in [-0.2, 0) is 0 Å². The number of aromatic nitrogens is 3. The highest BCUT2D eigenvalue weighted by molar-refractivity contribution is 6.10. The molecular weight excluding hydrogens is 611 g/mol. The van der Waals surface area contributed by atoms with Crippen molar-refractivity contribution in [2.75, 3.05) is 0 Å². The third-order valence-corrected chi connectivity index (χ3v) is 9.65. The second-order valence-corrected chi connectivity index (χ2v) is 12.7. The number of aromatic amines is 1. The fraction of sp³-hybridized carbons (Fsp3) is 0. The summed E-state index contributed by atoms with van der Waals surface area (Å²) in [5.41, 5.74) is 13.3. The second kappa shape index (κ2) is 11.4. The van der Waals surface area contributed by atoms with Crippen LogP contribution in [0.1, 0.15) is 0 Å². The van der Waals surface area contributed by atoms with E-state index in [1.54, 1.807) is 0 Å². The molecule has 4 nitrogen and oxygen atoms in total. The largest absolute Gasteiger partial charge is 0.456 e. The van der Waals surface area contributed by atoms with Crippen LogP contribution in [0, 0.1) is 0 Å². The normalized spacial score (nSPS) is 11.6. The van der Waals surface area contributed by atoms with Crippen LogP contribution in [0.2, 0.25) is 0 Å². The summed E-state index contributed by atoms with van der Waals surface area (Å²) in [5.74, 6) is 0.691. The number of rotatable bonds is 5. The molecule has 0 aliphatic carbocycles. The van der Waals surface area contributed by atoms with Crippen molar-refractivity contribution in [3.8, 4) is 56.2 Å². The first-order valence-corrected chi connectivity index (χ1v) is 16.8. The van der Waals surface area contributed by atoms with Gasteiger partial charge in [0, 0.05) is 49.3 Å². The number of hydrogen-bond donors (Lipinski definition) is 1. The molecule has 0 aliphatic heterocycles. The zero-order valence-electron chi connectivity index (χ0n) is 27.0. The van der Waals surface area contributed by atoms with Crippen molar-refractivity contribution in [3.05, 3.63) is 170 Å². The average molecular weight is 640 g/mol. The van der Waals surface area contributed by atoms with Gasteiger partial charge in [0.25, 0.3) is 0 Å². The molecule has 234 valence electrons. The van der Waals surface area contributed by atoms with Crippen LogP contribution in [0.15, 0.2) is 174 Å². The highest BCUT2D eigenvalue weighted by Gasteiger charge is 2.20. The molecule has 0 unspecified atom stereocenters. The van der Waals surface area contributed by atoms with Crippen molar-refractivity contribution < 1.29 is 4.42 Å². The first-order chi connectivity index (χ1) is 24.8. The number of H-pyrrole nitrogens is 1. The van der Waals surface area contributed by atoms with Crippen LogP contribution in [0.3, 0.4) is 0 Å². The Morgan fingerprint density at radius 1 is 0.380 bits per heavy atom. The molecule has 50 heavy (non-hydrogen) atoms. The van der Waals surface area contributed by atoms with E-state index in [4.69, 9.17) is 14.4 Å². The molecular formula is C46H29N3O. The zero-order valence-corrected chi connectivity index (χ0v) is 27.0. The lowest BCUT2D eigenvalue weighted by atomic mass is 9.88. The van der Waals surface area contributed by atoms with Gasteiger partial charge in [-0.3, -0.25) is 0 Å². The van der Waals surface area contributed by atoms with E-state index in [0.29, 0.717) is 5.82 Å². The molecule has 0 atom stereocenters. The summed E-state index contributed by atoms with van der Waals surface area (Å²) < 4.78 is 6.22. The van der Waals surface area contributed by atoms with Gasteiger partial charge in [-0.15, -0.1) is 0 Å². The molecule has 0 fully saturated rings. The van der Waals surface area contributed by atoms with Crippen LogP contribution >= 0.6 is 0 Å². The van der Waals surface area contributed by atoms with Crippen LogP contribution in [0.5, 0.6) is 0 Å². The fourth-order valence-electron chi connectivity index (χ4n) is 7.27. The first kappa shape index (κ1) is 28.3. The molecule has 0 saturated carbocycles. The van der Waals surface area contributed by atoms with Gasteiger partial charge in [0.1, 0.15) is 11.2 Å². The van der Waals surface area contributed by atoms with Crippen LogP contribution in [0.4, 0.5) is 0 Å². The lowest BCUT2D eigenvalue weighted by molar-refractivity contribution is 0.669. The van der Waals surface area contributed by atoms with E-state index < -0.39 is 0 Å². The van der Waals surface area contributed by atoms with Crippen molar-refractivity contribution in [2.24, 2.45) is 0 Å². The van der Waals surface area contributed by atoms with Gasteiger partial charge in [0.2, 0.25) is 0 Å². The lowest BCUT2D eigenvalue weighted by Crippen LogP contribution is -1.98. The minimum Gasteiger partial charge on any atom is -0.456 e. The zero-order chi connectivity index (χ0) is 33.0. The minimum atomic E-state index is 0.691. The number of nitrogens with zero attached hydrogens (tertiary/aromatic N) is 2. The highest BCUT2D eigenvalue weighted by atomic mass is 16.3. The molecule has 0 saturated heterocycles. The SMILES string of the molecule is c1ccc(-c2cc(-c3cccc(-c4ccc5oc6ccccc6c5c4)c3-c3ccc4[nH]c5ccccc5c4c3)nc(-c3ccccc3)n2)cc1. The highest BCUT2D eigenvalue weighted by Crippen LogP contribution is 2.43. The van der Waals surface area contributed by atoms with Gasteiger partial charge in [-0.2, -0.15) is 0 Å². The van der Waals surface area contributed by atoms with E-state index >= 15 is 0 Å². The van der Waals surface area contributed by atoms with Gasteiger partial charge in [-0.05, 0) is 64.7 Å². The summed E-state index contributed by atoms with van der Waals surface area (Å²) in [5, 5.41) is 4.60. The number of hydrogen-bond acceptors (Lipinski definition) is 3. The Balaban J connectivity index is 1.27. The Kier molecular flexibility index (Phi) is 6.46. The topological polar surface area (TPSA) is 54.7 Å². The van der Waals surface area contributed by atoms with Gasteiger partial charge in [0.15, 0.2) is 5.82 Å². The van der Waals surface area contributed by atoms with Crippen molar-refractivity contribution in [1.82, 2.24) is 15.0 Å². The van der Waals surface area contributed by atoms with Crippen LogP contribution < -0.4 is 0 Å². The maximum Gasteiger partial charge on any atom is 0.160 e. The third-order valence-electron chi connectivity index (χ3n) is 9.65.